The summed E-state index contributed by atoms with van der Waals surface area (Å²) in [6.07, 6.45) is 2.50. The Labute approximate surface area is 190 Å². The van der Waals surface area contributed by atoms with E-state index >= 15 is 0 Å². The van der Waals surface area contributed by atoms with Crippen LogP contribution < -0.4 is 5.32 Å². The van der Waals surface area contributed by atoms with Gasteiger partial charge in [-0.15, -0.1) is 0 Å². The maximum absolute atomic E-state index is 13.0. The highest BCUT2D eigenvalue weighted by Gasteiger charge is 2.31. The van der Waals surface area contributed by atoms with Gasteiger partial charge in [-0.1, -0.05) is 11.3 Å². The van der Waals surface area contributed by atoms with Crippen molar-refractivity contribution in [2.24, 2.45) is 5.92 Å². The highest BCUT2D eigenvalue weighted by molar-refractivity contribution is 7.89. The number of nitrogens with one attached hydrogen (secondary N) is 1. The summed E-state index contributed by atoms with van der Waals surface area (Å²) in [5.74, 6) is -0.0110. The fourth-order valence-electron chi connectivity index (χ4n) is 3.86. The molecular formula is C21H24N4O5S2. The van der Waals surface area contributed by atoms with E-state index in [1.165, 1.54) is 27.8 Å². The molecular weight excluding hydrogens is 452 g/mol. The van der Waals surface area contributed by atoms with Gasteiger partial charge in [-0.2, -0.15) is 4.31 Å². The van der Waals surface area contributed by atoms with Gasteiger partial charge in [0.25, 0.3) is 5.91 Å². The van der Waals surface area contributed by atoms with Crippen LogP contribution in [0.25, 0.3) is 0 Å². The van der Waals surface area contributed by atoms with Crippen molar-refractivity contribution in [2.75, 3.05) is 38.2 Å². The number of ether oxygens (including phenoxy) is 1. The molecule has 2 aliphatic heterocycles. The van der Waals surface area contributed by atoms with Gasteiger partial charge < -0.3 is 15.0 Å². The highest BCUT2D eigenvalue weighted by Crippen LogP contribution is 2.33. The molecule has 2 fully saturated rings. The van der Waals surface area contributed by atoms with Crippen LogP contribution in [-0.2, 0) is 32.5 Å². The molecule has 2 aromatic rings. The number of carbonyl (C=O) groups excluding carboxylic acids is 2. The molecule has 0 spiro atoms. The number of sulfonamides is 1. The van der Waals surface area contributed by atoms with Gasteiger partial charge in [-0.05, 0) is 37.1 Å². The number of nitrogens with zero attached hydrogens (tertiary/aromatic N) is 3. The van der Waals surface area contributed by atoms with Gasteiger partial charge in [0.05, 0.1) is 30.3 Å². The summed E-state index contributed by atoms with van der Waals surface area (Å²) < 4.78 is 32.2. The minimum Gasteiger partial charge on any atom is -0.379 e. The molecule has 1 saturated heterocycles. The van der Waals surface area contributed by atoms with Crippen LogP contribution in [0.15, 0.2) is 29.2 Å². The molecule has 1 aliphatic carbocycles. The Morgan fingerprint density at radius 3 is 2.50 bits per heavy atom. The summed E-state index contributed by atoms with van der Waals surface area (Å²) in [5.41, 5.74) is 1.37. The van der Waals surface area contributed by atoms with E-state index < -0.39 is 10.0 Å². The normalized spacial score (nSPS) is 19.4. The number of anilines is 1. The second kappa shape index (κ2) is 8.54. The quantitative estimate of drug-likeness (QED) is 0.704. The Balaban J connectivity index is 1.26. The summed E-state index contributed by atoms with van der Waals surface area (Å²) in [6, 6.07) is 6.12. The van der Waals surface area contributed by atoms with Crippen molar-refractivity contribution in [1.82, 2.24) is 14.2 Å². The van der Waals surface area contributed by atoms with Crippen LogP contribution in [0.3, 0.4) is 0 Å². The van der Waals surface area contributed by atoms with Gasteiger partial charge in [-0.25, -0.2) is 13.4 Å². The molecule has 170 valence electrons. The smallest absolute Gasteiger partial charge is 0.254 e. The number of amides is 2. The van der Waals surface area contributed by atoms with Gasteiger partial charge in [0.2, 0.25) is 15.9 Å². The lowest BCUT2D eigenvalue weighted by Crippen LogP contribution is -2.40. The van der Waals surface area contributed by atoms with Gasteiger partial charge in [0.15, 0.2) is 5.13 Å². The summed E-state index contributed by atoms with van der Waals surface area (Å²) in [6.45, 7) is 2.39. The predicted octanol–water partition coefficient (Wildman–Crippen LogP) is 1.71. The largest absolute Gasteiger partial charge is 0.379 e. The first-order valence-corrected chi connectivity index (χ1v) is 12.9. The van der Waals surface area contributed by atoms with Crippen LogP contribution in [0.2, 0.25) is 0 Å². The van der Waals surface area contributed by atoms with Crippen LogP contribution in [0.1, 0.15) is 33.8 Å². The number of aromatic nitrogens is 1. The zero-order valence-electron chi connectivity index (χ0n) is 17.5. The lowest BCUT2D eigenvalue weighted by atomic mass is 10.1. The molecule has 3 aliphatic rings. The van der Waals surface area contributed by atoms with E-state index in [9.17, 15) is 18.0 Å². The average molecular weight is 477 g/mol. The summed E-state index contributed by atoms with van der Waals surface area (Å²) in [7, 11) is -3.59. The Morgan fingerprint density at radius 2 is 1.81 bits per heavy atom. The number of thiazole rings is 1. The van der Waals surface area contributed by atoms with Crippen LogP contribution >= 0.6 is 11.3 Å². The SMILES string of the molecule is O=C(Nc1nc2c(s1)CN(C(=O)c1ccc(S(=O)(=O)N3CCOCC3)cc1)CC2)C1CC1. The predicted molar refractivity (Wildman–Crippen MR) is 118 cm³/mol. The van der Waals surface area contributed by atoms with Crippen molar-refractivity contribution in [3.05, 3.63) is 40.4 Å². The Bertz CT molecular complexity index is 1140. The average Bonchev–Trinajstić information content (AvgIpc) is 3.59. The number of hydrogen-bond donors (Lipinski definition) is 1. The Kier molecular flexibility index (Phi) is 5.74. The molecule has 3 heterocycles. The first kappa shape index (κ1) is 21.5. The molecule has 1 aromatic heterocycles. The van der Waals surface area contributed by atoms with Gasteiger partial charge in [0, 0.05) is 42.4 Å². The van der Waals surface area contributed by atoms with Crippen LogP contribution in [0, 0.1) is 5.92 Å². The third-order valence-corrected chi connectivity index (χ3v) is 8.82. The second-order valence-electron chi connectivity index (χ2n) is 8.17. The number of morpholine rings is 1. The standard InChI is InChI=1S/C21H24N4O5S2/c26-19(14-1-2-14)23-21-22-17-7-8-24(13-18(17)31-21)20(27)15-3-5-16(6-4-15)32(28,29)25-9-11-30-12-10-25/h3-6,14H,1-2,7-13H2,(H,22,23,26). The lowest BCUT2D eigenvalue weighted by molar-refractivity contribution is -0.117. The first-order valence-electron chi connectivity index (χ1n) is 10.7. The van der Waals surface area contributed by atoms with E-state index in [-0.39, 0.29) is 22.6 Å². The number of hydrogen-bond acceptors (Lipinski definition) is 7. The summed E-state index contributed by atoms with van der Waals surface area (Å²) in [4.78, 5) is 32.4. The molecule has 9 nitrogen and oxygen atoms in total. The lowest BCUT2D eigenvalue weighted by Gasteiger charge is -2.27. The highest BCUT2D eigenvalue weighted by atomic mass is 32.2. The zero-order chi connectivity index (χ0) is 22.3. The maximum Gasteiger partial charge on any atom is 0.254 e. The van der Waals surface area contributed by atoms with Crippen molar-refractivity contribution in [1.29, 1.82) is 0 Å². The third-order valence-electron chi connectivity index (χ3n) is 5.91. The number of benzene rings is 1. The minimum atomic E-state index is -3.59. The molecule has 0 unspecified atom stereocenters. The molecule has 1 saturated carbocycles. The number of fused-ring (bicyclic) bond motifs is 1. The van der Waals surface area contributed by atoms with Crippen molar-refractivity contribution in [3.8, 4) is 0 Å². The molecule has 32 heavy (non-hydrogen) atoms. The van der Waals surface area contributed by atoms with Crippen LogP contribution in [-0.4, -0.2) is 67.3 Å². The van der Waals surface area contributed by atoms with E-state index in [0.717, 1.165) is 23.4 Å². The maximum atomic E-state index is 13.0. The Morgan fingerprint density at radius 1 is 1.09 bits per heavy atom. The molecule has 5 rings (SSSR count). The number of rotatable bonds is 5. The van der Waals surface area contributed by atoms with Gasteiger partial charge in [0.1, 0.15) is 0 Å². The van der Waals surface area contributed by atoms with Crippen molar-refractivity contribution in [3.63, 3.8) is 0 Å². The molecule has 2 amide bonds. The van der Waals surface area contributed by atoms with E-state index in [4.69, 9.17) is 4.74 Å². The topological polar surface area (TPSA) is 109 Å². The summed E-state index contributed by atoms with van der Waals surface area (Å²) >= 11 is 1.41. The fourth-order valence-corrected chi connectivity index (χ4v) is 6.30. The second-order valence-corrected chi connectivity index (χ2v) is 11.2. The summed E-state index contributed by atoms with van der Waals surface area (Å²) in [5, 5.41) is 3.48. The van der Waals surface area contributed by atoms with Crippen molar-refractivity contribution >= 4 is 38.3 Å². The van der Waals surface area contributed by atoms with E-state index in [0.29, 0.717) is 56.5 Å². The van der Waals surface area contributed by atoms with Crippen molar-refractivity contribution < 1.29 is 22.7 Å². The molecule has 0 radical (unpaired) electrons. The molecule has 1 N–H and O–H groups in total. The van der Waals surface area contributed by atoms with Crippen molar-refractivity contribution in [2.45, 2.75) is 30.7 Å². The third kappa shape index (κ3) is 4.29. The van der Waals surface area contributed by atoms with Gasteiger partial charge >= 0.3 is 0 Å². The Hall–Kier alpha value is -2.34. The molecule has 0 bridgehead atoms. The number of carbonyl (C=O) groups is 2. The van der Waals surface area contributed by atoms with Crippen LogP contribution in [0.4, 0.5) is 5.13 Å². The molecule has 0 atom stereocenters. The van der Waals surface area contributed by atoms with Gasteiger partial charge in [-0.3, -0.25) is 9.59 Å². The van der Waals surface area contributed by atoms with Crippen LogP contribution in [0.5, 0.6) is 0 Å². The fraction of sp³-hybridized carbons (Fsp3) is 0.476. The zero-order valence-corrected chi connectivity index (χ0v) is 19.1. The van der Waals surface area contributed by atoms with E-state index in [1.54, 1.807) is 17.0 Å². The van der Waals surface area contributed by atoms with E-state index in [2.05, 4.69) is 10.3 Å². The molecule has 1 aromatic carbocycles. The monoisotopic (exact) mass is 476 g/mol. The minimum absolute atomic E-state index is 0.0242. The first-order chi connectivity index (χ1) is 15.4. The van der Waals surface area contributed by atoms with E-state index in [1.807, 2.05) is 0 Å². The molecule has 11 heteroatoms.